The molecule has 1 heterocycles. The Kier molecular flexibility index (Phi) is 2.53. The Morgan fingerprint density at radius 2 is 2.06 bits per heavy atom. The molecule has 0 amide bonds. The van der Waals surface area contributed by atoms with Gasteiger partial charge in [-0.3, -0.25) is 4.79 Å². The summed E-state index contributed by atoms with van der Waals surface area (Å²) in [7, 11) is 0. The van der Waals surface area contributed by atoms with Crippen molar-refractivity contribution in [2.75, 3.05) is 0 Å². The summed E-state index contributed by atoms with van der Waals surface area (Å²) < 4.78 is 39.7. The molecule has 4 nitrogen and oxygen atoms in total. The minimum absolute atomic E-state index is 0.197. The van der Waals surface area contributed by atoms with E-state index in [1.807, 2.05) is 0 Å². The first-order chi connectivity index (χ1) is 7.85. The molecule has 0 atom stereocenters. The summed E-state index contributed by atoms with van der Waals surface area (Å²) in [5, 5.41) is 0. The van der Waals surface area contributed by atoms with E-state index in [9.17, 15) is 18.0 Å². The Hall–Kier alpha value is -2.05. The lowest BCUT2D eigenvalue weighted by Gasteiger charge is -2.09. The minimum atomic E-state index is -4.76. The third-order valence-electron chi connectivity index (χ3n) is 2.07. The van der Waals surface area contributed by atoms with Gasteiger partial charge in [-0.05, 0) is 19.1 Å². The molecule has 0 bridgehead atoms. The lowest BCUT2D eigenvalue weighted by molar-refractivity contribution is -0.274. The number of hydrogen-bond donors (Lipinski definition) is 1. The number of nitrogens with zero attached hydrogens (tertiary/aromatic N) is 1. The molecule has 2 aromatic rings. The Balaban J connectivity index is 2.51. The van der Waals surface area contributed by atoms with Crippen molar-refractivity contribution in [1.29, 1.82) is 0 Å². The summed E-state index contributed by atoms with van der Waals surface area (Å²) >= 11 is 0. The fourth-order valence-corrected chi connectivity index (χ4v) is 1.35. The quantitative estimate of drug-likeness (QED) is 0.836. The molecule has 0 radical (unpaired) electrons. The maximum absolute atomic E-state index is 12.0. The summed E-state index contributed by atoms with van der Waals surface area (Å²) in [6.45, 7) is 1.51. The molecule has 0 spiro atoms. The van der Waals surface area contributed by atoms with E-state index in [0.29, 0.717) is 5.52 Å². The zero-order chi connectivity index (χ0) is 12.6. The van der Waals surface area contributed by atoms with Crippen LogP contribution in [0.5, 0.6) is 5.75 Å². The van der Waals surface area contributed by atoms with E-state index in [1.54, 1.807) is 0 Å². The van der Waals surface area contributed by atoms with Crippen molar-refractivity contribution in [3.05, 3.63) is 34.2 Å². The van der Waals surface area contributed by atoms with E-state index in [1.165, 1.54) is 13.0 Å². The molecule has 17 heavy (non-hydrogen) atoms. The highest BCUT2D eigenvalue weighted by Crippen LogP contribution is 2.24. The van der Waals surface area contributed by atoms with Crippen molar-refractivity contribution >= 4 is 11.0 Å². The number of H-pyrrole nitrogens is 1. The SMILES string of the molecule is Cc1nc2ccc(OC(F)(F)F)cc2[nH]c1=O. The Labute approximate surface area is 93.1 Å². The highest BCUT2D eigenvalue weighted by atomic mass is 19.4. The van der Waals surface area contributed by atoms with Crippen molar-refractivity contribution in [1.82, 2.24) is 9.97 Å². The van der Waals surface area contributed by atoms with E-state index < -0.39 is 17.7 Å². The van der Waals surface area contributed by atoms with Crippen LogP contribution in [0.3, 0.4) is 0 Å². The van der Waals surface area contributed by atoms with Gasteiger partial charge in [-0.2, -0.15) is 0 Å². The monoisotopic (exact) mass is 244 g/mol. The van der Waals surface area contributed by atoms with Crippen LogP contribution in [-0.4, -0.2) is 16.3 Å². The number of aryl methyl sites for hydroxylation is 1. The number of ether oxygens (including phenoxy) is 1. The maximum Gasteiger partial charge on any atom is 0.573 e. The number of aromatic nitrogens is 2. The molecule has 0 unspecified atom stereocenters. The van der Waals surface area contributed by atoms with Crippen LogP contribution in [0.25, 0.3) is 11.0 Å². The summed E-state index contributed by atoms with van der Waals surface area (Å²) in [5.74, 6) is -0.397. The molecular formula is C10H7F3N2O2. The van der Waals surface area contributed by atoms with Gasteiger partial charge in [0.2, 0.25) is 0 Å². The van der Waals surface area contributed by atoms with Crippen LogP contribution in [0.2, 0.25) is 0 Å². The first kappa shape index (κ1) is 11.4. The van der Waals surface area contributed by atoms with Gasteiger partial charge in [0.1, 0.15) is 11.4 Å². The van der Waals surface area contributed by atoms with Crippen molar-refractivity contribution in [2.45, 2.75) is 13.3 Å². The van der Waals surface area contributed by atoms with Crippen LogP contribution in [0.4, 0.5) is 13.2 Å². The Bertz CT molecular complexity index is 619. The lowest BCUT2D eigenvalue weighted by Crippen LogP contribution is -2.17. The second kappa shape index (κ2) is 3.76. The van der Waals surface area contributed by atoms with Crippen LogP contribution in [0, 0.1) is 6.92 Å². The summed E-state index contributed by atoms with van der Waals surface area (Å²) in [5.41, 5.74) is 0.405. The zero-order valence-electron chi connectivity index (χ0n) is 8.63. The zero-order valence-corrected chi connectivity index (χ0v) is 8.63. The molecular weight excluding hydrogens is 237 g/mol. The van der Waals surface area contributed by atoms with Crippen molar-refractivity contribution < 1.29 is 17.9 Å². The van der Waals surface area contributed by atoms with Crippen LogP contribution in [0.1, 0.15) is 5.69 Å². The number of fused-ring (bicyclic) bond motifs is 1. The predicted molar refractivity (Wildman–Crippen MR) is 53.8 cm³/mol. The van der Waals surface area contributed by atoms with E-state index in [-0.39, 0.29) is 11.2 Å². The largest absolute Gasteiger partial charge is 0.573 e. The molecule has 0 aliphatic heterocycles. The van der Waals surface area contributed by atoms with Crippen LogP contribution in [0.15, 0.2) is 23.0 Å². The van der Waals surface area contributed by atoms with Crippen molar-refractivity contribution in [3.63, 3.8) is 0 Å². The topological polar surface area (TPSA) is 55.0 Å². The fourth-order valence-electron chi connectivity index (χ4n) is 1.35. The average molecular weight is 244 g/mol. The smallest absolute Gasteiger partial charge is 0.406 e. The summed E-state index contributed by atoms with van der Waals surface area (Å²) in [4.78, 5) is 17.6. The first-order valence-electron chi connectivity index (χ1n) is 4.61. The van der Waals surface area contributed by atoms with Crippen LogP contribution in [-0.2, 0) is 0 Å². The van der Waals surface area contributed by atoms with Gasteiger partial charge in [-0.25, -0.2) is 4.98 Å². The van der Waals surface area contributed by atoms with Gasteiger partial charge in [-0.15, -0.1) is 13.2 Å². The molecule has 0 aliphatic rings. The fraction of sp³-hybridized carbons (Fsp3) is 0.200. The molecule has 7 heteroatoms. The molecule has 90 valence electrons. The highest BCUT2D eigenvalue weighted by molar-refractivity contribution is 5.75. The minimum Gasteiger partial charge on any atom is -0.406 e. The third kappa shape index (κ3) is 2.55. The molecule has 2 rings (SSSR count). The molecule has 0 saturated carbocycles. The van der Waals surface area contributed by atoms with Gasteiger partial charge in [-0.1, -0.05) is 0 Å². The van der Waals surface area contributed by atoms with E-state index >= 15 is 0 Å². The average Bonchev–Trinajstić information content (AvgIpc) is 2.18. The number of halogens is 3. The normalized spacial score (nSPS) is 11.8. The van der Waals surface area contributed by atoms with Gasteiger partial charge >= 0.3 is 6.36 Å². The molecule has 1 aromatic carbocycles. The van der Waals surface area contributed by atoms with Gasteiger partial charge < -0.3 is 9.72 Å². The van der Waals surface area contributed by atoms with E-state index in [4.69, 9.17) is 0 Å². The number of alkyl halides is 3. The van der Waals surface area contributed by atoms with Crippen LogP contribution >= 0.6 is 0 Å². The van der Waals surface area contributed by atoms with Gasteiger partial charge in [0.15, 0.2) is 0 Å². The predicted octanol–water partition coefficient (Wildman–Crippen LogP) is 2.13. The lowest BCUT2D eigenvalue weighted by atomic mass is 10.3. The number of hydrogen-bond acceptors (Lipinski definition) is 3. The first-order valence-corrected chi connectivity index (χ1v) is 4.61. The Morgan fingerprint density at radius 3 is 2.71 bits per heavy atom. The standard InChI is InChI=1S/C10H7F3N2O2/c1-5-9(16)15-8-4-6(17-10(11,12)13)2-3-7(8)14-5/h2-4H,1H3,(H,15,16). The molecule has 0 fully saturated rings. The highest BCUT2D eigenvalue weighted by Gasteiger charge is 2.31. The van der Waals surface area contributed by atoms with E-state index in [0.717, 1.165) is 12.1 Å². The number of rotatable bonds is 1. The maximum atomic E-state index is 12.0. The van der Waals surface area contributed by atoms with Gasteiger partial charge in [0.05, 0.1) is 11.0 Å². The van der Waals surface area contributed by atoms with Gasteiger partial charge in [0.25, 0.3) is 5.56 Å². The van der Waals surface area contributed by atoms with Crippen molar-refractivity contribution in [2.24, 2.45) is 0 Å². The summed E-state index contributed by atoms with van der Waals surface area (Å²) in [6.07, 6.45) is -4.76. The molecule has 1 aromatic heterocycles. The second-order valence-corrected chi connectivity index (χ2v) is 3.38. The molecule has 1 N–H and O–H groups in total. The third-order valence-corrected chi connectivity index (χ3v) is 2.07. The summed E-state index contributed by atoms with van der Waals surface area (Å²) in [6, 6.07) is 3.57. The number of aromatic amines is 1. The molecule has 0 aliphatic carbocycles. The molecule has 0 saturated heterocycles. The Morgan fingerprint density at radius 1 is 1.35 bits per heavy atom. The second-order valence-electron chi connectivity index (χ2n) is 3.38. The van der Waals surface area contributed by atoms with E-state index in [2.05, 4.69) is 14.7 Å². The van der Waals surface area contributed by atoms with Crippen LogP contribution < -0.4 is 10.3 Å². The van der Waals surface area contributed by atoms with Crippen molar-refractivity contribution in [3.8, 4) is 5.75 Å². The van der Waals surface area contributed by atoms with Gasteiger partial charge in [0, 0.05) is 6.07 Å². The number of nitrogens with one attached hydrogen (secondary N) is 1. The number of benzene rings is 1.